The summed E-state index contributed by atoms with van der Waals surface area (Å²) < 4.78 is 5.38. The molecule has 0 saturated heterocycles. The molecule has 1 atom stereocenters. The molecule has 0 saturated carbocycles. The quantitative estimate of drug-likeness (QED) is 0.565. The van der Waals surface area contributed by atoms with Crippen molar-refractivity contribution in [2.45, 2.75) is 52.7 Å². The number of benzene rings is 2. The van der Waals surface area contributed by atoms with Crippen LogP contribution >= 0.6 is 0 Å². The summed E-state index contributed by atoms with van der Waals surface area (Å²) >= 11 is 0. The average molecular weight is 408 g/mol. The highest BCUT2D eigenvalue weighted by Gasteiger charge is 2.26. The Labute approximate surface area is 177 Å². The summed E-state index contributed by atoms with van der Waals surface area (Å²) in [6, 6.07) is 12.9. The molecule has 2 aromatic carbocycles. The molecule has 3 rings (SSSR count). The number of aryl methyl sites for hydroxylation is 2. The van der Waals surface area contributed by atoms with E-state index in [1.165, 1.54) is 0 Å². The molecule has 158 valence electrons. The van der Waals surface area contributed by atoms with Gasteiger partial charge in [-0.05, 0) is 57.9 Å². The number of hydrogen-bond donors (Lipinski definition) is 3. The summed E-state index contributed by atoms with van der Waals surface area (Å²) in [5.74, 6) is -0.293. The zero-order valence-corrected chi connectivity index (χ0v) is 18.1. The molecular weight excluding hydrogens is 378 g/mol. The van der Waals surface area contributed by atoms with Gasteiger partial charge in [-0.15, -0.1) is 0 Å². The highest BCUT2D eigenvalue weighted by molar-refractivity contribution is 5.98. The molecule has 1 heterocycles. The van der Waals surface area contributed by atoms with E-state index in [4.69, 9.17) is 4.74 Å². The number of ether oxygens (including phenoxy) is 1. The molecule has 0 unspecified atom stereocenters. The Morgan fingerprint density at radius 3 is 2.53 bits per heavy atom. The number of para-hydroxylation sites is 1. The topological polar surface area (TPSA) is 83.2 Å². The van der Waals surface area contributed by atoms with E-state index in [0.717, 1.165) is 33.3 Å². The second kappa shape index (κ2) is 8.61. The van der Waals surface area contributed by atoms with Crippen molar-refractivity contribution < 1.29 is 14.3 Å². The van der Waals surface area contributed by atoms with Crippen molar-refractivity contribution in [3.8, 4) is 0 Å². The largest absolute Gasteiger partial charge is 0.444 e. The molecule has 6 heteroatoms. The van der Waals surface area contributed by atoms with Crippen molar-refractivity contribution in [1.82, 2.24) is 10.3 Å². The number of aromatic nitrogens is 1. The maximum atomic E-state index is 13.1. The number of anilines is 1. The van der Waals surface area contributed by atoms with Crippen LogP contribution in [0.1, 0.15) is 37.5 Å². The van der Waals surface area contributed by atoms with Crippen LogP contribution in [0.4, 0.5) is 10.5 Å². The summed E-state index contributed by atoms with van der Waals surface area (Å²) in [5.41, 5.74) is 4.08. The Bertz CT molecular complexity index is 1060. The van der Waals surface area contributed by atoms with E-state index >= 15 is 0 Å². The number of rotatable bonds is 5. The van der Waals surface area contributed by atoms with Gasteiger partial charge in [-0.25, -0.2) is 4.79 Å². The highest BCUT2D eigenvalue weighted by Crippen LogP contribution is 2.21. The van der Waals surface area contributed by atoms with Gasteiger partial charge in [0.15, 0.2) is 0 Å². The number of fused-ring (bicyclic) bond motifs is 1. The number of carbonyl (C=O) groups is 2. The molecule has 1 aromatic heterocycles. The highest BCUT2D eigenvalue weighted by atomic mass is 16.6. The van der Waals surface area contributed by atoms with Gasteiger partial charge in [0, 0.05) is 29.2 Å². The standard InChI is InChI=1S/C24H29N3O3/c1-15-10-11-19(16(2)12-15)26-22(28)21(27-23(29)30-24(3,4)5)13-17-14-25-20-9-7-6-8-18(17)20/h6-12,14,21,25H,13H2,1-5H3,(H,26,28)(H,27,29)/t21-/m0/s1. The Balaban J connectivity index is 1.84. The predicted octanol–water partition coefficient (Wildman–Crippen LogP) is 4.86. The second-order valence-corrected chi connectivity index (χ2v) is 8.57. The first kappa shape index (κ1) is 21.4. The number of H-pyrrole nitrogens is 1. The molecule has 0 aliphatic rings. The lowest BCUT2D eigenvalue weighted by Crippen LogP contribution is -2.47. The normalized spacial score (nSPS) is 12.4. The summed E-state index contributed by atoms with van der Waals surface area (Å²) in [7, 11) is 0. The van der Waals surface area contributed by atoms with Crippen molar-refractivity contribution in [2.75, 3.05) is 5.32 Å². The molecule has 30 heavy (non-hydrogen) atoms. The van der Waals surface area contributed by atoms with Crippen LogP contribution in [-0.2, 0) is 16.0 Å². The lowest BCUT2D eigenvalue weighted by Gasteiger charge is -2.23. The fourth-order valence-corrected chi connectivity index (χ4v) is 3.35. The van der Waals surface area contributed by atoms with Crippen LogP contribution in [0.15, 0.2) is 48.7 Å². The van der Waals surface area contributed by atoms with E-state index in [0.29, 0.717) is 6.42 Å². The third-order valence-electron chi connectivity index (χ3n) is 4.75. The van der Waals surface area contributed by atoms with Crippen LogP contribution in [0.25, 0.3) is 10.9 Å². The van der Waals surface area contributed by atoms with E-state index in [-0.39, 0.29) is 5.91 Å². The van der Waals surface area contributed by atoms with Gasteiger partial charge in [0.25, 0.3) is 0 Å². The van der Waals surface area contributed by atoms with Crippen LogP contribution in [0.5, 0.6) is 0 Å². The van der Waals surface area contributed by atoms with Gasteiger partial charge in [0.1, 0.15) is 11.6 Å². The maximum Gasteiger partial charge on any atom is 0.408 e. The minimum atomic E-state index is -0.792. The van der Waals surface area contributed by atoms with Crippen LogP contribution in [0, 0.1) is 13.8 Å². The zero-order valence-electron chi connectivity index (χ0n) is 18.1. The molecule has 0 radical (unpaired) electrons. The number of hydrogen-bond acceptors (Lipinski definition) is 3. The van der Waals surface area contributed by atoms with Gasteiger partial charge in [0.05, 0.1) is 0 Å². The third kappa shape index (κ3) is 5.41. The minimum absolute atomic E-state index is 0.293. The first-order chi connectivity index (χ1) is 14.1. The van der Waals surface area contributed by atoms with Gasteiger partial charge in [-0.2, -0.15) is 0 Å². The third-order valence-corrected chi connectivity index (χ3v) is 4.75. The number of aromatic amines is 1. The van der Waals surface area contributed by atoms with Gasteiger partial charge >= 0.3 is 6.09 Å². The molecule has 0 bridgehead atoms. The molecule has 0 aliphatic heterocycles. The molecule has 2 amide bonds. The number of carbonyl (C=O) groups excluding carboxylic acids is 2. The fourth-order valence-electron chi connectivity index (χ4n) is 3.35. The first-order valence-corrected chi connectivity index (χ1v) is 10.0. The lowest BCUT2D eigenvalue weighted by atomic mass is 10.0. The van der Waals surface area contributed by atoms with E-state index in [1.54, 1.807) is 20.8 Å². The average Bonchev–Trinajstić information content (AvgIpc) is 3.05. The summed E-state index contributed by atoms with van der Waals surface area (Å²) in [4.78, 5) is 28.7. The summed E-state index contributed by atoms with van der Waals surface area (Å²) in [5, 5.41) is 6.71. The SMILES string of the molecule is Cc1ccc(NC(=O)[C@H](Cc2c[nH]c3ccccc23)NC(=O)OC(C)(C)C)c(C)c1. The van der Waals surface area contributed by atoms with Gasteiger partial charge < -0.3 is 20.4 Å². The Morgan fingerprint density at radius 2 is 1.83 bits per heavy atom. The van der Waals surface area contributed by atoms with Crippen molar-refractivity contribution in [3.05, 3.63) is 65.4 Å². The zero-order chi connectivity index (χ0) is 21.9. The molecule has 0 spiro atoms. The van der Waals surface area contributed by atoms with Crippen molar-refractivity contribution >= 4 is 28.6 Å². The maximum absolute atomic E-state index is 13.1. The molecule has 3 aromatic rings. The van der Waals surface area contributed by atoms with Crippen molar-refractivity contribution in [1.29, 1.82) is 0 Å². The van der Waals surface area contributed by atoms with Crippen LogP contribution < -0.4 is 10.6 Å². The van der Waals surface area contributed by atoms with E-state index in [2.05, 4.69) is 15.6 Å². The number of nitrogens with one attached hydrogen (secondary N) is 3. The van der Waals surface area contributed by atoms with E-state index < -0.39 is 17.7 Å². The van der Waals surface area contributed by atoms with E-state index in [1.807, 2.05) is 62.5 Å². The Hall–Kier alpha value is -3.28. The summed E-state index contributed by atoms with van der Waals surface area (Å²) in [6.07, 6.45) is 1.59. The predicted molar refractivity (Wildman–Crippen MR) is 120 cm³/mol. The Kier molecular flexibility index (Phi) is 6.15. The molecule has 0 fully saturated rings. The molecular formula is C24H29N3O3. The Morgan fingerprint density at radius 1 is 1.10 bits per heavy atom. The van der Waals surface area contributed by atoms with Crippen LogP contribution in [0.2, 0.25) is 0 Å². The fraction of sp³-hybridized carbons (Fsp3) is 0.333. The lowest BCUT2D eigenvalue weighted by molar-refractivity contribution is -0.118. The second-order valence-electron chi connectivity index (χ2n) is 8.57. The first-order valence-electron chi connectivity index (χ1n) is 10.0. The summed E-state index contributed by atoms with van der Waals surface area (Å²) in [6.45, 7) is 9.31. The number of alkyl carbamates (subject to hydrolysis) is 1. The van der Waals surface area contributed by atoms with Crippen molar-refractivity contribution in [2.24, 2.45) is 0 Å². The molecule has 6 nitrogen and oxygen atoms in total. The molecule has 3 N–H and O–H groups in total. The van der Waals surface area contributed by atoms with Crippen LogP contribution in [0.3, 0.4) is 0 Å². The van der Waals surface area contributed by atoms with E-state index in [9.17, 15) is 9.59 Å². The van der Waals surface area contributed by atoms with Gasteiger partial charge in [-0.1, -0.05) is 35.9 Å². The smallest absolute Gasteiger partial charge is 0.408 e. The van der Waals surface area contributed by atoms with Crippen molar-refractivity contribution in [3.63, 3.8) is 0 Å². The monoisotopic (exact) mass is 407 g/mol. The van der Waals surface area contributed by atoms with Crippen LogP contribution in [-0.4, -0.2) is 28.6 Å². The number of amides is 2. The molecule has 0 aliphatic carbocycles. The van der Waals surface area contributed by atoms with Gasteiger partial charge in [0.2, 0.25) is 5.91 Å². The van der Waals surface area contributed by atoms with Gasteiger partial charge in [-0.3, -0.25) is 4.79 Å². The minimum Gasteiger partial charge on any atom is -0.444 e.